The standard InChI is InChI=1S/C14H20N2O3S/c17-20(18,16-5-3-11-4-6-19-10-11)14-2-1-12-8-15-9-13(12)7-14/h1-2,7,11,15-16H,3-6,8-10H2. The van der Waals surface area contributed by atoms with E-state index in [1.807, 2.05) is 6.07 Å². The first-order valence-corrected chi connectivity index (χ1v) is 8.53. The molecule has 2 N–H and O–H groups in total. The average Bonchev–Trinajstić information content (AvgIpc) is 3.08. The fourth-order valence-corrected chi connectivity index (χ4v) is 3.83. The SMILES string of the molecule is O=S(=O)(NCCC1CCOC1)c1ccc2c(c1)CNC2. The van der Waals surface area contributed by atoms with Gasteiger partial charge in [-0.15, -0.1) is 0 Å². The van der Waals surface area contributed by atoms with Crippen molar-refractivity contribution in [3.63, 3.8) is 0 Å². The number of rotatable bonds is 5. The summed E-state index contributed by atoms with van der Waals surface area (Å²) in [6.45, 7) is 3.61. The van der Waals surface area contributed by atoms with E-state index in [1.54, 1.807) is 12.1 Å². The van der Waals surface area contributed by atoms with E-state index >= 15 is 0 Å². The van der Waals surface area contributed by atoms with Crippen molar-refractivity contribution in [2.45, 2.75) is 30.8 Å². The zero-order valence-electron chi connectivity index (χ0n) is 11.4. The Hall–Kier alpha value is -0.950. The Morgan fingerprint density at radius 3 is 2.95 bits per heavy atom. The monoisotopic (exact) mass is 296 g/mol. The molecule has 110 valence electrons. The second-order valence-electron chi connectivity index (χ2n) is 5.45. The van der Waals surface area contributed by atoms with Crippen molar-refractivity contribution in [3.8, 4) is 0 Å². The third kappa shape index (κ3) is 3.03. The van der Waals surface area contributed by atoms with Gasteiger partial charge >= 0.3 is 0 Å². The lowest BCUT2D eigenvalue weighted by Gasteiger charge is -2.10. The van der Waals surface area contributed by atoms with Crippen LogP contribution in [-0.4, -0.2) is 28.2 Å². The van der Waals surface area contributed by atoms with E-state index in [4.69, 9.17) is 4.74 Å². The maximum absolute atomic E-state index is 12.2. The van der Waals surface area contributed by atoms with Crippen molar-refractivity contribution in [3.05, 3.63) is 29.3 Å². The van der Waals surface area contributed by atoms with Gasteiger partial charge in [-0.3, -0.25) is 0 Å². The summed E-state index contributed by atoms with van der Waals surface area (Å²) in [4.78, 5) is 0.364. The van der Waals surface area contributed by atoms with Crippen LogP contribution in [0.25, 0.3) is 0 Å². The van der Waals surface area contributed by atoms with Crippen LogP contribution in [-0.2, 0) is 27.8 Å². The molecule has 1 atom stereocenters. The summed E-state index contributed by atoms with van der Waals surface area (Å²) >= 11 is 0. The molecule has 0 aromatic heterocycles. The van der Waals surface area contributed by atoms with E-state index in [-0.39, 0.29) is 0 Å². The molecule has 1 fully saturated rings. The van der Waals surface area contributed by atoms with Crippen LogP contribution < -0.4 is 10.0 Å². The van der Waals surface area contributed by atoms with Gasteiger partial charge in [0.05, 0.1) is 4.90 Å². The molecule has 2 aliphatic rings. The van der Waals surface area contributed by atoms with Crippen molar-refractivity contribution in [2.24, 2.45) is 5.92 Å². The molecular formula is C14H20N2O3S. The minimum Gasteiger partial charge on any atom is -0.381 e. The molecule has 3 rings (SSSR count). The zero-order valence-corrected chi connectivity index (χ0v) is 12.2. The second-order valence-corrected chi connectivity index (χ2v) is 7.22. The number of fused-ring (bicyclic) bond motifs is 1. The van der Waals surface area contributed by atoms with Crippen LogP contribution in [0.15, 0.2) is 23.1 Å². The van der Waals surface area contributed by atoms with Crippen molar-refractivity contribution in [1.29, 1.82) is 0 Å². The van der Waals surface area contributed by atoms with Gasteiger partial charge in [-0.05, 0) is 42.0 Å². The lowest BCUT2D eigenvalue weighted by molar-refractivity contribution is 0.184. The number of hydrogen-bond donors (Lipinski definition) is 2. The van der Waals surface area contributed by atoms with E-state index < -0.39 is 10.0 Å². The van der Waals surface area contributed by atoms with Crippen LogP contribution >= 0.6 is 0 Å². The van der Waals surface area contributed by atoms with Crippen LogP contribution in [0.1, 0.15) is 24.0 Å². The molecule has 0 spiro atoms. The Kier molecular flexibility index (Phi) is 4.07. The van der Waals surface area contributed by atoms with Gasteiger partial charge in [0, 0.05) is 32.8 Å². The van der Waals surface area contributed by atoms with Gasteiger partial charge in [0.2, 0.25) is 10.0 Å². The molecule has 1 saturated heterocycles. The fraction of sp³-hybridized carbons (Fsp3) is 0.571. The zero-order chi connectivity index (χ0) is 14.0. The number of benzene rings is 1. The number of sulfonamides is 1. The summed E-state index contributed by atoms with van der Waals surface area (Å²) in [7, 11) is -3.39. The van der Waals surface area contributed by atoms with Gasteiger partial charge in [-0.25, -0.2) is 13.1 Å². The van der Waals surface area contributed by atoms with E-state index in [0.717, 1.165) is 44.7 Å². The third-order valence-electron chi connectivity index (χ3n) is 3.99. The molecule has 0 aliphatic carbocycles. The first-order valence-electron chi connectivity index (χ1n) is 7.05. The lowest BCUT2D eigenvalue weighted by Crippen LogP contribution is -2.26. The fourth-order valence-electron chi connectivity index (χ4n) is 2.73. The second kappa shape index (κ2) is 5.81. The molecule has 5 nitrogen and oxygen atoms in total. The topological polar surface area (TPSA) is 67.4 Å². The molecule has 2 aliphatic heterocycles. The molecule has 0 bridgehead atoms. The highest BCUT2D eigenvalue weighted by Gasteiger charge is 2.20. The molecule has 1 aromatic rings. The smallest absolute Gasteiger partial charge is 0.240 e. The molecule has 0 radical (unpaired) electrons. The minimum atomic E-state index is -3.39. The molecular weight excluding hydrogens is 276 g/mol. The van der Waals surface area contributed by atoms with E-state index in [9.17, 15) is 8.42 Å². The van der Waals surface area contributed by atoms with Crippen molar-refractivity contribution in [2.75, 3.05) is 19.8 Å². The van der Waals surface area contributed by atoms with E-state index in [2.05, 4.69) is 10.0 Å². The lowest BCUT2D eigenvalue weighted by atomic mass is 10.1. The van der Waals surface area contributed by atoms with Gasteiger partial charge < -0.3 is 10.1 Å². The number of ether oxygens (including phenoxy) is 1. The van der Waals surface area contributed by atoms with Gasteiger partial charge in [0.15, 0.2) is 0 Å². The van der Waals surface area contributed by atoms with Crippen LogP contribution in [0, 0.1) is 5.92 Å². The summed E-state index contributed by atoms with van der Waals surface area (Å²) in [5, 5.41) is 3.22. The van der Waals surface area contributed by atoms with Gasteiger partial charge in [0.25, 0.3) is 0 Å². The van der Waals surface area contributed by atoms with E-state index in [0.29, 0.717) is 17.4 Å². The largest absolute Gasteiger partial charge is 0.381 e. The van der Waals surface area contributed by atoms with Crippen LogP contribution in [0.5, 0.6) is 0 Å². The quantitative estimate of drug-likeness (QED) is 0.850. The molecule has 0 saturated carbocycles. The summed E-state index contributed by atoms with van der Waals surface area (Å²) in [5.74, 6) is 0.488. The highest BCUT2D eigenvalue weighted by molar-refractivity contribution is 7.89. The average molecular weight is 296 g/mol. The first-order chi connectivity index (χ1) is 9.65. The number of hydrogen-bond acceptors (Lipinski definition) is 4. The van der Waals surface area contributed by atoms with Gasteiger partial charge in [0.1, 0.15) is 0 Å². The molecule has 6 heteroatoms. The maximum Gasteiger partial charge on any atom is 0.240 e. The normalized spacial score (nSPS) is 22.1. The summed E-state index contributed by atoms with van der Waals surface area (Å²) in [6.07, 6.45) is 1.87. The Balaban J connectivity index is 1.62. The summed E-state index contributed by atoms with van der Waals surface area (Å²) in [6, 6.07) is 5.36. The Morgan fingerprint density at radius 1 is 1.30 bits per heavy atom. The van der Waals surface area contributed by atoms with Crippen molar-refractivity contribution >= 4 is 10.0 Å². The third-order valence-corrected chi connectivity index (χ3v) is 5.45. The Labute approximate surface area is 119 Å². The van der Waals surface area contributed by atoms with Crippen molar-refractivity contribution < 1.29 is 13.2 Å². The van der Waals surface area contributed by atoms with E-state index in [1.165, 1.54) is 5.56 Å². The van der Waals surface area contributed by atoms with Gasteiger partial charge in [-0.2, -0.15) is 0 Å². The first kappa shape index (κ1) is 14.0. The molecule has 20 heavy (non-hydrogen) atoms. The molecule has 0 amide bonds. The van der Waals surface area contributed by atoms with Crippen LogP contribution in [0.3, 0.4) is 0 Å². The van der Waals surface area contributed by atoms with Crippen molar-refractivity contribution in [1.82, 2.24) is 10.0 Å². The minimum absolute atomic E-state index is 0.364. The summed E-state index contributed by atoms with van der Waals surface area (Å²) < 4.78 is 32.5. The maximum atomic E-state index is 12.2. The van der Waals surface area contributed by atoms with Gasteiger partial charge in [-0.1, -0.05) is 6.07 Å². The van der Waals surface area contributed by atoms with Crippen LogP contribution in [0.2, 0.25) is 0 Å². The number of nitrogens with one attached hydrogen (secondary N) is 2. The Morgan fingerprint density at radius 2 is 2.15 bits per heavy atom. The highest BCUT2D eigenvalue weighted by atomic mass is 32.2. The molecule has 1 unspecified atom stereocenters. The molecule has 1 aromatic carbocycles. The van der Waals surface area contributed by atoms with Crippen LogP contribution in [0.4, 0.5) is 0 Å². The predicted octanol–water partition coefficient (Wildman–Crippen LogP) is 0.995. The predicted molar refractivity (Wildman–Crippen MR) is 75.7 cm³/mol. The molecule has 2 heterocycles. The highest BCUT2D eigenvalue weighted by Crippen LogP contribution is 2.20. The Bertz CT molecular complexity index is 580. The summed E-state index contributed by atoms with van der Waals surface area (Å²) in [5.41, 5.74) is 2.27.